The molecule has 0 nitrogen and oxygen atoms in total. The number of rotatable bonds is 0. The van der Waals surface area contributed by atoms with Crippen molar-refractivity contribution in [1.82, 2.24) is 0 Å². The zero-order valence-electron chi connectivity index (χ0n) is 5.39. The molecule has 1 aromatic carbocycles. The van der Waals surface area contributed by atoms with Gasteiger partial charge in [-0.25, -0.2) is 0 Å². The second kappa shape index (κ2) is 2.24. The van der Waals surface area contributed by atoms with Crippen LogP contribution in [0, 0.1) is 6.07 Å². The fourth-order valence-electron chi connectivity index (χ4n) is 1.17. The first-order chi connectivity index (χ1) is 4.88. The van der Waals surface area contributed by atoms with Crippen LogP contribution < -0.4 is 0 Å². The zero-order valence-corrected chi connectivity index (χ0v) is 6.98. The molecule has 0 spiro atoms. The van der Waals surface area contributed by atoms with Crippen LogP contribution in [-0.4, -0.2) is 0 Å². The van der Waals surface area contributed by atoms with Crippen LogP contribution in [0.2, 0.25) is 0 Å². The molecule has 1 aliphatic rings. The van der Waals surface area contributed by atoms with Crippen molar-refractivity contribution in [2.75, 3.05) is 0 Å². The van der Waals surface area contributed by atoms with Gasteiger partial charge in [-0.2, -0.15) is 0 Å². The maximum atomic E-state index is 3.49. The maximum absolute atomic E-state index is 3.49. The Hall–Kier alpha value is -0.560. The second-order valence-corrected chi connectivity index (χ2v) is 3.18. The Bertz CT molecular complexity index is 287. The fraction of sp³-hybridized carbons (Fsp3) is 0.111. The van der Waals surface area contributed by atoms with Crippen LogP contribution in [0.3, 0.4) is 0 Å². The van der Waals surface area contributed by atoms with E-state index in [2.05, 4.69) is 34.1 Å². The highest BCUT2D eigenvalue weighted by Gasteiger charge is 2.06. The lowest BCUT2D eigenvalue weighted by atomic mass is 10.1. The minimum absolute atomic E-state index is 1.05. The van der Waals surface area contributed by atoms with Crippen LogP contribution in [0.5, 0.6) is 0 Å². The van der Waals surface area contributed by atoms with Gasteiger partial charge in [-0.3, -0.25) is 0 Å². The molecular weight excluding hydrogens is 188 g/mol. The zero-order chi connectivity index (χ0) is 6.97. The van der Waals surface area contributed by atoms with Crippen LogP contribution in [-0.2, 0) is 6.42 Å². The minimum atomic E-state index is 1.05. The Morgan fingerprint density at radius 1 is 1.50 bits per heavy atom. The van der Waals surface area contributed by atoms with Gasteiger partial charge in [-0.05, 0) is 29.7 Å². The topological polar surface area (TPSA) is 0 Å². The molecule has 0 atom stereocenters. The standard InChI is InChI=1S/C9H6Br/c10-9-6-2-4-7-3-1-5-8(7)9/h1-3,6H,5H2. The molecule has 0 aliphatic heterocycles. The molecule has 1 radical (unpaired) electrons. The van der Waals surface area contributed by atoms with E-state index in [-0.39, 0.29) is 0 Å². The molecule has 0 unspecified atom stereocenters. The molecule has 0 saturated carbocycles. The summed E-state index contributed by atoms with van der Waals surface area (Å²) in [5.41, 5.74) is 2.59. The van der Waals surface area contributed by atoms with Gasteiger partial charge in [-0.1, -0.05) is 34.1 Å². The molecule has 2 rings (SSSR count). The molecule has 49 valence electrons. The molecule has 0 fully saturated rings. The van der Waals surface area contributed by atoms with Gasteiger partial charge in [-0.15, -0.1) is 0 Å². The number of halogens is 1. The van der Waals surface area contributed by atoms with Gasteiger partial charge in [0.1, 0.15) is 0 Å². The Morgan fingerprint density at radius 3 is 3.20 bits per heavy atom. The summed E-state index contributed by atoms with van der Waals surface area (Å²) in [5.74, 6) is 0. The maximum Gasteiger partial charge on any atom is 0.0216 e. The molecular formula is C9H6Br. The van der Waals surface area contributed by atoms with E-state index in [4.69, 9.17) is 0 Å². The van der Waals surface area contributed by atoms with Gasteiger partial charge in [0.05, 0.1) is 0 Å². The average Bonchev–Trinajstić information content (AvgIpc) is 2.36. The number of hydrogen-bond donors (Lipinski definition) is 0. The van der Waals surface area contributed by atoms with Crippen molar-refractivity contribution in [1.29, 1.82) is 0 Å². The minimum Gasteiger partial charge on any atom is -0.0794 e. The molecule has 0 bridgehead atoms. The summed E-state index contributed by atoms with van der Waals surface area (Å²) in [6.45, 7) is 0. The fourth-order valence-corrected chi connectivity index (χ4v) is 1.68. The van der Waals surface area contributed by atoms with E-state index in [1.165, 1.54) is 15.6 Å². The molecule has 0 heterocycles. The number of hydrogen-bond acceptors (Lipinski definition) is 0. The van der Waals surface area contributed by atoms with Crippen molar-refractivity contribution in [3.05, 3.63) is 39.9 Å². The number of fused-ring (bicyclic) bond motifs is 1. The summed E-state index contributed by atoms with van der Waals surface area (Å²) >= 11 is 3.49. The molecule has 0 saturated heterocycles. The Morgan fingerprint density at radius 2 is 2.40 bits per heavy atom. The first-order valence-corrected chi connectivity index (χ1v) is 4.03. The number of allylic oxidation sites excluding steroid dienone is 1. The molecule has 0 aromatic heterocycles. The molecule has 1 aromatic rings. The van der Waals surface area contributed by atoms with Gasteiger partial charge in [0, 0.05) is 4.47 Å². The summed E-state index contributed by atoms with van der Waals surface area (Å²) in [6.07, 6.45) is 5.32. The van der Waals surface area contributed by atoms with Gasteiger partial charge in [0.2, 0.25) is 0 Å². The van der Waals surface area contributed by atoms with Crippen LogP contribution in [0.4, 0.5) is 0 Å². The van der Waals surface area contributed by atoms with E-state index in [0.717, 1.165) is 6.42 Å². The lowest BCUT2D eigenvalue weighted by Crippen LogP contribution is -1.81. The summed E-state index contributed by atoms with van der Waals surface area (Å²) < 4.78 is 1.20. The van der Waals surface area contributed by atoms with Crippen LogP contribution in [0.15, 0.2) is 22.7 Å². The first kappa shape index (κ1) is 6.17. The van der Waals surface area contributed by atoms with E-state index in [1.807, 2.05) is 12.1 Å². The normalized spacial score (nSPS) is 13.7. The summed E-state index contributed by atoms with van der Waals surface area (Å²) in [6, 6.07) is 7.15. The highest BCUT2D eigenvalue weighted by molar-refractivity contribution is 9.10. The van der Waals surface area contributed by atoms with Crippen molar-refractivity contribution in [3.8, 4) is 0 Å². The second-order valence-electron chi connectivity index (χ2n) is 2.32. The predicted molar refractivity (Wildman–Crippen MR) is 45.7 cm³/mol. The van der Waals surface area contributed by atoms with Crippen LogP contribution in [0.1, 0.15) is 11.1 Å². The van der Waals surface area contributed by atoms with Gasteiger partial charge < -0.3 is 0 Å². The third kappa shape index (κ3) is 0.816. The van der Waals surface area contributed by atoms with E-state index in [1.54, 1.807) is 0 Å². The van der Waals surface area contributed by atoms with E-state index in [0.29, 0.717) is 0 Å². The van der Waals surface area contributed by atoms with Crippen LogP contribution >= 0.6 is 15.9 Å². The first-order valence-electron chi connectivity index (χ1n) is 3.23. The average molecular weight is 194 g/mol. The van der Waals surface area contributed by atoms with Crippen molar-refractivity contribution in [3.63, 3.8) is 0 Å². The Kier molecular flexibility index (Phi) is 1.38. The molecule has 1 aliphatic carbocycles. The summed E-state index contributed by atoms with van der Waals surface area (Å²) in [5, 5.41) is 0. The molecule has 0 N–H and O–H groups in total. The lowest BCUT2D eigenvalue weighted by molar-refractivity contribution is 1.28. The highest BCUT2D eigenvalue weighted by atomic mass is 79.9. The number of benzene rings is 1. The third-order valence-electron chi connectivity index (χ3n) is 1.69. The quantitative estimate of drug-likeness (QED) is 0.595. The van der Waals surface area contributed by atoms with Crippen molar-refractivity contribution < 1.29 is 0 Å². The summed E-state index contributed by atoms with van der Waals surface area (Å²) in [7, 11) is 0. The lowest BCUT2D eigenvalue weighted by Gasteiger charge is -1.98. The SMILES string of the molecule is Brc1cc[c]c2c1CC=C2. The van der Waals surface area contributed by atoms with Gasteiger partial charge >= 0.3 is 0 Å². The predicted octanol–water partition coefficient (Wildman–Crippen LogP) is 2.82. The van der Waals surface area contributed by atoms with E-state index >= 15 is 0 Å². The van der Waals surface area contributed by atoms with Gasteiger partial charge in [0.25, 0.3) is 0 Å². The summed E-state index contributed by atoms with van der Waals surface area (Å²) in [4.78, 5) is 0. The highest BCUT2D eigenvalue weighted by Crippen LogP contribution is 2.26. The van der Waals surface area contributed by atoms with Crippen LogP contribution in [0.25, 0.3) is 6.08 Å². The third-order valence-corrected chi connectivity index (χ3v) is 2.43. The molecule has 10 heavy (non-hydrogen) atoms. The molecule has 1 heteroatoms. The van der Waals surface area contributed by atoms with Gasteiger partial charge in [0.15, 0.2) is 0 Å². The molecule has 0 amide bonds. The Balaban J connectivity index is 2.66. The smallest absolute Gasteiger partial charge is 0.0216 e. The van der Waals surface area contributed by atoms with Crippen molar-refractivity contribution in [2.45, 2.75) is 6.42 Å². The van der Waals surface area contributed by atoms with E-state index in [9.17, 15) is 0 Å². The Labute approximate surface area is 68.7 Å². The van der Waals surface area contributed by atoms with Crippen molar-refractivity contribution >= 4 is 22.0 Å². The largest absolute Gasteiger partial charge is 0.0794 e. The monoisotopic (exact) mass is 193 g/mol. The van der Waals surface area contributed by atoms with E-state index < -0.39 is 0 Å². The van der Waals surface area contributed by atoms with Crippen molar-refractivity contribution in [2.24, 2.45) is 0 Å².